The van der Waals surface area contributed by atoms with Crippen LogP contribution < -0.4 is 15.8 Å². The minimum absolute atomic E-state index is 0.0951. The number of hydrogen-bond acceptors (Lipinski definition) is 9. The smallest absolute Gasteiger partial charge is 0.340 e. The number of amides is 1. The molecule has 3 aliphatic rings. The zero-order valence-corrected chi connectivity index (χ0v) is 23.2. The number of aromatic nitrogens is 3. The number of pyridine rings is 3. The van der Waals surface area contributed by atoms with Crippen molar-refractivity contribution in [3.05, 3.63) is 47.4 Å². The largest absolute Gasteiger partial charge is 0.470 e. The van der Waals surface area contributed by atoms with E-state index in [1.807, 2.05) is 40.7 Å². The van der Waals surface area contributed by atoms with Crippen molar-refractivity contribution in [2.75, 3.05) is 18.4 Å². The van der Waals surface area contributed by atoms with Crippen molar-refractivity contribution in [2.45, 2.75) is 70.4 Å². The van der Waals surface area contributed by atoms with Crippen molar-refractivity contribution in [1.82, 2.24) is 19.9 Å². The third-order valence-electron chi connectivity index (χ3n) is 8.11. The molecule has 3 aromatic rings. The first kappa shape index (κ1) is 26.4. The van der Waals surface area contributed by atoms with Crippen LogP contribution in [0.5, 0.6) is 5.88 Å². The molecular formula is C29H33FN6O4. The van der Waals surface area contributed by atoms with Gasteiger partial charge in [-0.1, -0.05) is 6.92 Å². The second-order valence-corrected chi connectivity index (χ2v) is 12.1. The summed E-state index contributed by atoms with van der Waals surface area (Å²) in [6.45, 7) is 10.3. The Bertz CT molecular complexity index is 1530. The molecule has 0 aromatic carbocycles. The number of ether oxygens (including phenoxy) is 2. The number of hydrogen-bond donors (Lipinski definition) is 2. The Morgan fingerprint density at radius 1 is 1.20 bits per heavy atom. The van der Waals surface area contributed by atoms with Gasteiger partial charge in [0, 0.05) is 23.9 Å². The molecule has 2 fully saturated rings. The number of likely N-dealkylation sites (tertiary alicyclic amines) is 1. The first-order valence-electron chi connectivity index (χ1n) is 13.5. The lowest BCUT2D eigenvalue weighted by atomic mass is 9.84. The maximum Gasteiger partial charge on any atom is 0.340 e. The number of anilines is 2. The Hall–Kier alpha value is -3.86. The third kappa shape index (κ3) is 4.61. The summed E-state index contributed by atoms with van der Waals surface area (Å²) < 4.78 is 25.0. The van der Waals surface area contributed by atoms with Crippen LogP contribution in [0.25, 0.3) is 10.8 Å². The lowest BCUT2D eigenvalue weighted by Gasteiger charge is -2.39. The fraction of sp³-hybridized carbons (Fsp3) is 0.483. The average molecular weight is 549 g/mol. The highest BCUT2D eigenvalue weighted by molar-refractivity contribution is 5.93. The number of carbonyl (C=O) groups is 2. The standard InChI is InChI=1S/C29H33FN6O4/c1-14-24-16(27(38)40-29(14,4)5)6-7-22(35-24)34-23-9-17-19(10-32-23)25(33-11-20(17)28(2,3)31)39-15-12-36(13-15)26(37)18-8-21(18)30/h6-7,9-11,14-15,18,21H,8,12-13,31H2,1-5H3,(H,32,34,35)/t14-,18-,21+/m1/s1. The van der Waals surface area contributed by atoms with Gasteiger partial charge in [-0.3, -0.25) is 4.79 Å². The molecule has 5 heterocycles. The quantitative estimate of drug-likeness (QED) is 0.439. The van der Waals surface area contributed by atoms with Crippen LogP contribution >= 0.6 is 0 Å². The molecule has 210 valence electrons. The maximum absolute atomic E-state index is 13.3. The molecule has 0 spiro atoms. The van der Waals surface area contributed by atoms with Gasteiger partial charge in [-0.05, 0) is 63.3 Å². The summed E-state index contributed by atoms with van der Waals surface area (Å²) in [5.41, 5.74) is 7.07. The number of alkyl halides is 1. The Labute approximate surface area is 231 Å². The molecule has 1 amide bonds. The van der Waals surface area contributed by atoms with Crippen LogP contribution in [0.15, 0.2) is 30.6 Å². The number of carbonyl (C=O) groups excluding carboxylic acids is 2. The topological polar surface area (TPSA) is 133 Å². The summed E-state index contributed by atoms with van der Waals surface area (Å²) >= 11 is 0. The number of nitrogens with zero attached hydrogens (tertiary/aromatic N) is 4. The van der Waals surface area contributed by atoms with E-state index in [2.05, 4.69) is 15.3 Å². The van der Waals surface area contributed by atoms with Gasteiger partial charge in [0.05, 0.1) is 35.7 Å². The molecule has 40 heavy (non-hydrogen) atoms. The highest BCUT2D eigenvalue weighted by Crippen LogP contribution is 2.39. The van der Waals surface area contributed by atoms with E-state index in [1.54, 1.807) is 29.4 Å². The predicted octanol–water partition coefficient (Wildman–Crippen LogP) is 3.96. The van der Waals surface area contributed by atoms with Gasteiger partial charge in [0.25, 0.3) is 0 Å². The molecule has 2 aliphatic heterocycles. The molecule has 6 rings (SSSR count). The van der Waals surface area contributed by atoms with Gasteiger partial charge in [0.1, 0.15) is 29.5 Å². The van der Waals surface area contributed by atoms with Gasteiger partial charge in [-0.15, -0.1) is 0 Å². The molecular weight excluding hydrogens is 515 g/mol. The van der Waals surface area contributed by atoms with Crippen LogP contribution in [-0.2, 0) is 15.1 Å². The zero-order chi connectivity index (χ0) is 28.6. The molecule has 1 aliphatic carbocycles. The summed E-state index contributed by atoms with van der Waals surface area (Å²) in [6.07, 6.45) is 2.45. The number of nitrogens with one attached hydrogen (secondary N) is 1. The van der Waals surface area contributed by atoms with Crippen molar-refractivity contribution in [2.24, 2.45) is 11.7 Å². The zero-order valence-electron chi connectivity index (χ0n) is 23.2. The Morgan fingerprint density at radius 2 is 1.93 bits per heavy atom. The van der Waals surface area contributed by atoms with Gasteiger partial charge < -0.3 is 25.4 Å². The van der Waals surface area contributed by atoms with Gasteiger partial charge >= 0.3 is 5.97 Å². The summed E-state index contributed by atoms with van der Waals surface area (Å²) in [6, 6.07) is 5.32. The van der Waals surface area contributed by atoms with Crippen molar-refractivity contribution in [3.8, 4) is 5.88 Å². The van der Waals surface area contributed by atoms with E-state index in [0.717, 1.165) is 10.9 Å². The molecule has 3 atom stereocenters. The average Bonchev–Trinajstić information content (AvgIpc) is 3.59. The number of fused-ring (bicyclic) bond motifs is 2. The molecule has 0 unspecified atom stereocenters. The Kier molecular flexibility index (Phi) is 5.99. The number of nitrogens with two attached hydrogens (primary N) is 1. The molecule has 10 nitrogen and oxygen atoms in total. The maximum atomic E-state index is 13.3. The monoisotopic (exact) mass is 548 g/mol. The normalized spacial score (nSPS) is 23.7. The van der Waals surface area contributed by atoms with E-state index < -0.39 is 23.2 Å². The van der Waals surface area contributed by atoms with Gasteiger partial charge in [0.2, 0.25) is 11.8 Å². The number of cyclic esters (lactones) is 1. The van der Waals surface area contributed by atoms with Gasteiger partial charge in [-0.25, -0.2) is 24.1 Å². The molecule has 0 radical (unpaired) electrons. The van der Waals surface area contributed by atoms with Crippen LogP contribution in [0.3, 0.4) is 0 Å². The number of halogens is 1. The fourth-order valence-electron chi connectivity index (χ4n) is 5.18. The lowest BCUT2D eigenvalue weighted by molar-refractivity contribution is -0.141. The van der Waals surface area contributed by atoms with Crippen LogP contribution in [-0.4, -0.2) is 62.7 Å². The molecule has 3 aromatic heterocycles. The first-order chi connectivity index (χ1) is 18.8. The highest BCUT2D eigenvalue weighted by Gasteiger charge is 2.48. The fourth-order valence-corrected chi connectivity index (χ4v) is 5.18. The summed E-state index contributed by atoms with van der Waals surface area (Å²) in [5.74, 6) is 0.375. The summed E-state index contributed by atoms with van der Waals surface area (Å²) in [4.78, 5) is 40.2. The van der Waals surface area contributed by atoms with Crippen LogP contribution in [0.4, 0.5) is 16.0 Å². The third-order valence-corrected chi connectivity index (χ3v) is 8.11. The van der Waals surface area contributed by atoms with Gasteiger partial charge in [-0.2, -0.15) is 0 Å². The Balaban J connectivity index is 1.27. The lowest BCUT2D eigenvalue weighted by Crippen LogP contribution is -2.56. The van der Waals surface area contributed by atoms with E-state index >= 15 is 0 Å². The second kappa shape index (κ2) is 9.09. The van der Waals surface area contributed by atoms with Crippen LogP contribution in [0.1, 0.15) is 68.6 Å². The molecule has 1 saturated carbocycles. The summed E-state index contributed by atoms with van der Waals surface area (Å²) in [5, 5.41) is 4.76. The van der Waals surface area contributed by atoms with Crippen LogP contribution in [0.2, 0.25) is 0 Å². The van der Waals surface area contributed by atoms with E-state index in [9.17, 15) is 14.0 Å². The van der Waals surface area contributed by atoms with E-state index in [-0.39, 0.29) is 23.9 Å². The number of esters is 1. The van der Waals surface area contributed by atoms with Crippen molar-refractivity contribution in [3.63, 3.8) is 0 Å². The summed E-state index contributed by atoms with van der Waals surface area (Å²) in [7, 11) is 0. The molecule has 0 bridgehead atoms. The molecule has 11 heteroatoms. The van der Waals surface area contributed by atoms with Crippen molar-refractivity contribution >= 4 is 34.3 Å². The Morgan fingerprint density at radius 3 is 2.60 bits per heavy atom. The second-order valence-electron chi connectivity index (χ2n) is 12.1. The van der Waals surface area contributed by atoms with Gasteiger partial charge in [0.15, 0.2) is 0 Å². The van der Waals surface area contributed by atoms with Crippen molar-refractivity contribution in [1.29, 1.82) is 0 Å². The number of rotatable bonds is 6. The van der Waals surface area contributed by atoms with Crippen LogP contribution in [0, 0.1) is 5.92 Å². The molecule has 3 N–H and O–H groups in total. The first-order valence-corrected chi connectivity index (χ1v) is 13.5. The van der Waals surface area contributed by atoms with E-state index in [0.29, 0.717) is 53.7 Å². The minimum atomic E-state index is -1.01. The predicted molar refractivity (Wildman–Crippen MR) is 146 cm³/mol. The minimum Gasteiger partial charge on any atom is -0.470 e. The molecule has 1 saturated heterocycles. The highest BCUT2D eigenvalue weighted by atomic mass is 19.1. The SMILES string of the molecule is C[C@@H]1c2nc(Nc3cc4c(C(C)(C)N)cnc(OC5CN(C(=O)[C@@H]6C[C@@H]6F)C5)c4cn3)ccc2C(=O)OC1(C)C. The van der Waals surface area contributed by atoms with E-state index in [4.69, 9.17) is 20.2 Å². The van der Waals surface area contributed by atoms with E-state index in [1.165, 1.54) is 0 Å². The van der Waals surface area contributed by atoms with Crippen molar-refractivity contribution < 1.29 is 23.5 Å².